The maximum atomic E-state index is 13.5. The molecule has 0 bridgehead atoms. The smallest absolute Gasteiger partial charge is 0.387 e. The minimum absolute atomic E-state index is 0.00822. The summed E-state index contributed by atoms with van der Waals surface area (Å²) in [7, 11) is 2.72. The van der Waals surface area contributed by atoms with Gasteiger partial charge in [-0.25, -0.2) is 9.37 Å². The summed E-state index contributed by atoms with van der Waals surface area (Å²) in [6.07, 6.45) is -1.10. The fourth-order valence-electron chi connectivity index (χ4n) is 3.26. The van der Waals surface area contributed by atoms with Gasteiger partial charge >= 0.3 is 6.61 Å². The van der Waals surface area contributed by atoms with Crippen molar-refractivity contribution in [2.45, 2.75) is 25.6 Å². The van der Waals surface area contributed by atoms with Gasteiger partial charge in [0.15, 0.2) is 17.3 Å². The molecule has 34 heavy (non-hydrogen) atoms. The van der Waals surface area contributed by atoms with Gasteiger partial charge in [-0.2, -0.15) is 8.78 Å². The molecule has 0 aliphatic heterocycles. The lowest BCUT2D eigenvalue weighted by molar-refractivity contribution is -0.0512. The van der Waals surface area contributed by atoms with Crippen molar-refractivity contribution in [3.63, 3.8) is 0 Å². The van der Waals surface area contributed by atoms with Crippen LogP contribution in [0.15, 0.2) is 48.5 Å². The van der Waals surface area contributed by atoms with Crippen LogP contribution in [0.4, 0.5) is 13.2 Å². The first-order valence-corrected chi connectivity index (χ1v) is 10.5. The van der Waals surface area contributed by atoms with Gasteiger partial charge < -0.3 is 19.3 Å². The number of aromatic nitrogens is 1. The van der Waals surface area contributed by atoms with E-state index in [0.717, 1.165) is 0 Å². The highest BCUT2D eigenvalue weighted by atomic mass is 35.5. The summed E-state index contributed by atoms with van der Waals surface area (Å²) >= 11 is 5.88. The van der Waals surface area contributed by atoms with E-state index < -0.39 is 18.5 Å². The van der Waals surface area contributed by atoms with Crippen molar-refractivity contribution >= 4 is 17.4 Å². The van der Waals surface area contributed by atoms with E-state index in [1.165, 1.54) is 50.6 Å². The summed E-state index contributed by atoms with van der Waals surface area (Å²) in [5.41, 5.74) is 1.34. The van der Waals surface area contributed by atoms with E-state index in [2.05, 4.69) is 9.72 Å². The van der Waals surface area contributed by atoms with Gasteiger partial charge in [0.2, 0.25) is 0 Å². The fourth-order valence-corrected chi connectivity index (χ4v) is 3.44. The SMILES string of the molecule is COc1cc(C(=O)CCC(O)c2ccc(OC)c(-c3ccc(F)c(Cl)c3)n2)ccc1OC(F)F. The first kappa shape index (κ1) is 25.3. The van der Waals surface area contributed by atoms with Crippen molar-refractivity contribution in [1.82, 2.24) is 4.98 Å². The molecule has 0 aliphatic carbocycles. The van der Waals surface area contributed by atoms with Gasteiger partial charge in [0.25, 0.3) is 0 Å². The predicted molar refractivity (Wildman–Crippen MR) is 119 cm³/mol. The Morgan fingerprint density at radius 3 is 2.38 bits per heavy atom. The minimum Gasteiger partial charge on any atom is -0.494 e. The maximum Gasteiger partial charge on any atom is 0.387 e. The molecule has 2 aromatic carbocycles. The van der Waals surface area contributed by atoms with Crippen LogP contribution in [0, 0.1) is 5.82 Å². The third kappa shape index (κ3) is 5.98. The highest BCUT2D eigenvalue weighted by molar-refractivity contribution is 6.31. The lowest BCUT2D eigenvalue weighted by Crippen LogP contribution is -2.08. The highest BCUT2D eigenvalue weighted by Crippen LogP contribution is 2.33. The van der Waals surface area contributed by atoms with Gasteiger partial charge in [-0.05, 0) is 55.0 Å². The molecule has 180 valence electrons. The van der Waals surface area contributed by atoms with E-state index in [0.29, 0.717) is 17.0 Å². The Balaban J connectivity index is 1.75. The number of methoxy groups -OCH3 is 2. The molecule has 6 nitrogen and oxygen atoms in total. The summed E-state index contributed by atoms with van der Waals surface area (Å²) in [4.78, 5) is 17.0. The van der Waals surface area contributed by atoms with Crippen molar-refractivity contribution < 1.29 is 37.3 Å². The Kier molecular flexibility index (Phi) is 8.36. The second kappa shape index (κ2) is 11.2. The Labute approximate surface area is 198 Å². The average molecular weight is 496 g/mol. The minimum atomic E-state index is -3.03. The van der Waals surface area contributed by atoms with Gasteiger partial charge in [-0.3, -0.25) is 4.79 Å². The van der Waals surface area contributed by atoms with E-state index in [1.54, 1.807) is 12.1 Å². The van der Waals surface area contributed by atoms with Crippen molar-refractivity contribution in [3.05, 3.63) is 70.6 Å². The molecular formula is C24H21ClF3NO5. The fraction of sp³-hybridized carbons (Fsp3) is 0.250. The number of ether oxygens (including phenoxy) is 3. The molecule has 0 spiro atoms. The number of Topliss-reactive ketones (excluding diaryl/α,β-unsaturated/α-hetero) is 1. The van der Waals surface area contributed by atoms with Gasteiger partial charge in [0.05, 0.1) is 31.0 Å². The zero-order valence-corrected chi connectivity index (χ0v) is 19.0. The normalized spacial score (nSPS) is 11.9. The Morgan fingerprint density at radius 2 is 1.74 bits per heavy atom. The number of aliphatic hydroxyl groups excluding tert-OH is 1. The number of carbonyl (C=O) groups excluding carboxylic acids is 1. The first-order chi connectivity index (χ1) is 16.2. The Hall–Kier alpha value is -3.30. The number of ketones is 1. The number of hydrogen-bond donors (Lipinski definition) is 1. The number of aliphatic hydroxyl groups is 1. The van der Waals surface area contributed by atoms with Crippen LogP contribution in [0.3, 0.4) is 0 Å². The average Bonchev–Trinajstić information content (AvgIpc) is 2.83. The summed E-state index contributed by atoms with van der Waals surface area (Å²) in [6, 6.07) is 11.1. The van der Waals surface area contributed by atoms with Crippen LogP contribution in [0.5, 0.6) is 17.2 Å². The Bertz CT molecular complexity index is 1180. The maximum absolute atomic E-state index is 13.5. The van der Waals surface area contributed by atoms with Crippen LogP contribution < -0.4 is 14.2 Å². The summed E-state index contributed by atoms with van der Waals surface area (Å²) in [5, 5.41) is 10.5. The summed E-state index contributed by atoms with van der Waals surface area (Å²) in [5.74, 6) is -0.714. The van der Waals surface area contributed by atoms with Gasteiger partial charge in [-0.1, -0.05) is 11.6 Å². The molecule has 0 aliphatic rings. The lowest BCUT2D eigenvalue weighted by Gasteiger charge is -2.15. The molecule has 0 saturated carbocycles. The van der Waals surface area contributed by atoms with Gasteiger partial charge in [-0.15, -0.1) is 0 Å². The van der Waals surface area contributed by atoms with Crippen molar-refractivity contribution in [3.8, 4) is 28.5 Å². The number of pyridine rings is 1. The molecule has 1 atom stereocenters. The summed E-state index contributed by atoms with van der Waals surface area (Å²) < 4.78 is 53.2. The van der Waals surface area contributed by atoms with Crippen molar-refractivity contribution in [2.24, 2.45) is 0 Å². The third-order valence-electron chi connectivity index (χ3n) is 4.98. The molecule has 0 saturated heterocycles. The van der Waals surface area contributed by atoms with Crippen LogP contribution >= 0.6 is 11.6 Å². The van der Waals surface area contributed by atoms with E-state index in [4.69, 9.17) is 21.1 Å². The number of benzene rings is 2. The van der Waals surface area contributed by atoms with Gasteiger partial charge in [0.1, 0.15) is 17.3 Å². The number of rotatable bonds is 10. The number of hydrogen-bond acceptors (Lipinski definition) is 6. The first-order valence-electron chi connectivity index (χ1n) is 10.1. The van der Waals surface area contributed by atoms with Gasteiger partial charge in [0, 0.05) is 17.5 Å². The molecule has 1 aromatic heterocycles. The van der Waals surface area contributed by atoms with Crippen molar-refractivity contribution in [2.75, 3.05) is 14.2 Å². The van der Waals surface area contributed by atoms with E-state index in [9.17, 15) is 23.1 Å². The molecule has 1 unspecified atom stereocenters. The quantitative estimate of drug-likeness (QED) is 0.355. The van der Waals surface area contributed by atoms with Crippen LogP contribution in [0.2, 0.25) is 5.02 Å². The number of carbonyl (C=O) groups is 1. The molecule has 0 radical (unpaired) electrons. The standard InChI is InChI=1S/C24H21ClF3NO5/c1-32-21-10-6-17(29-23(21)14-3-5-16(26)15(25)11-14)19(31)8-7-18(30)13-4-9-20(34-24(27)28)22(12-13)33-2/h3-6,9-12,19,24,31H,7-8H2,1-2H3. The molecule has 10 heteroatoms. The predicted octanol–water partition coefficient (Wildman–Crippen LogP) is 5.86. The van der Waals surface area contributed by atoms with Crippen LogP contribution in [0.1, 0.15) is 35.0 Å². The monoisotopic (exact) mass is 495 g/mol. The molecule has 3 rings (SSSR count). The molecular weight excluding hydrogens is 475 g/mol. The topological polar surface area (TPSA) is 77.9 Å². The largest absolute Gasteiger partial charge is 0.494 e. The van der Waals surface area contributed by atoms with Crippen LogP contribution in [-0.2, 0) is 0 Å². The number of halogens is 4. The van der Waals surface area contributed by atoms with Crippen molar-refractivity contribution in [1.29, 1.82) is 0 Å². The van der Waals surface area contributed by atoms with E-state index >= 15 is 0 Å². The number of alkyl halides is 2. The molecule has 0 fully saturated rings. The molecule has 0 amide bonds. The van der Waals surface area contributed by atoms with Crippen LogP contribution in [0.25, 0.3) is 11.3 Å². The molecule has 1 N–H and O–H groups in total. The highest BCUT2D eigenvalue weighted by Gasteiger charge is 2.19. The second-order valence-corrected chi connectivity index (χ2v) is 7.54. The number of nitrogens with zero attached hydrogens (tertiary/aromatic N) is 1. The molecule has 3 aromatic rings. The lowest BCUT2D eigenvalue weighted by atomic mass is 10.0. The third-order valence-corrected chi connectivity index (χ3v) is 5.27. The second-order valence-electron chi connectivity index (χ2n) is 7.14. The molecule has 1 heterocycles. The zero-order valence-electron chi connectivity index (χ0n) is 18.2. The zero-order chi connectivity index (χ0) is 24.8. The van der Waals surface area contributed by atoms with E-state index in [-0.39, 0.29) is 46.4 Å². The summed E-state index contributed by atoms with van der Waals surface area (Å²) in [6.45, 7) is -3.03. The van der Waals surface area contributed by atoms with Crippen LogP contribution in [-0.4, -0.2) is 36.7 Å². The Morgan fingerprint density at radius 1 is 1.03 bits per heavy atom. The van der Waals surface area contributed by atoms with E-state index in [1.807, 2.05) is 0 Å².